The summed E-state index contributed by atoms with van der Waals surface area (Å²) in [6.45, 7) is 6.45. The Balaban J connectivity index is 2.50. The van der Waals surface area contributed by atoms with Crippen LogP contribution in [0.2, 0.25) is 5.02 Å². The first kappa shape index (κ1) is 27.6. The van der Waals surface area contributed by atoms with E-state index in [1.165, 1.54) is 6.92 Å². The van der Waals surface area contributed by atoms with Crippen LogP contribution >= 0.6 is 19.0 Å². The fourth-order valence-electron chi connectivity index (χ4n) is 2.78. The number of benzene rings is 2. The maximum absolute atomic E-state index is 14.4. The molecular formula is C21H22ClF3NO7P. The molecule has 2 rings (SSSR count). The molecule has 2 aromatic carbocycles. The Kier molecular flexibility index (Phi) is 8.39. The molecule has 0 bridgehead atoms. The number of nitro groups is 1. The van der Waals surface area contributed by atoms with Gasteiger partial charge in [0.25, 0.3) is 5.69 Å². The lowest BCUT2D eigenvalue weighted by Gasteiger charge is -2.21. The van der Waals surface area contributed by atoms with Crippen LogP contribution in [0.1, 0.15) is 33.3 Å². The van der Waals surface area contributed by atoms with E-state index in [4.69, 9.17) is 25.6 Å². The number of nitrogens with zero attached hydrogens (tertiary/aromatic N) is 1. The second-order valence-corrected chi connectivity index (χ2v) is 11.2. The fraction of sp³-hybridized carbons (Fsp3) is 0.381. The van der Waals surface area contributed by atoms with E-state index in [-0.39, 0.29) is 11.9 Å². The minimum Gasteiger partial charge on any atom is -0.458 e. The van der Waals surface area contributed by atoms with E-state index in [0.29, 0.717) is 0 Å². The Bertz CT molecular complexity index is 1150. The molecule has 34 heavy (non-hydrogen) atoms. The first-order valence-electron chi connectivity index (χ1n) is 9.86. The normalized spacial score (nSPS) is 13.3. The highest BCUT2D eigenvalue weighted by atomic mass is 35.5. The fourth-order valence-corrected chi connectivity index (χ4v) is 4.85. The summed E-state index contributed by atoms with van der Waals surface area (Å²) in [6, 6.07) is 2.81. The monoisotopic (exact) mass is 523 g/mol. The van der Waals surface area contributed by atoms with Crippen LogP contribution in [-0.4, -0.2) is 29.3 Å². The third kappa shape index (κ3) is 6.08. The molecule has 1 atom stereocenters. The summed E-state index contributed by atoms with van der Waals surface area (Å²) in [5.41, 5.74) is -2.14. The molecule has 8 nitrogen and oxygen atoms in total. The number of hydrogen-bond acceptors (Lipinski definition) is 7. The third-order valence-electron chi connectivity index (χ3n) is 4.40. The molecule has 0 saturated heterocycles. The van der Waals surface area contributed by atoms with Crippen molar-refractivity contribution in [2.24, 2.45) is 0 Å². The summed E-state index contributed by atoms with van der Waals surface area (Å²) in [4.78, 5) is 22.7. The molecule has 0 amide bonds. The van der Waals surface area contributed by atoms with Gasteiger partial charge < -0.3 is 14.0 Å². The van der Waals surface area contributed by atoms with Gasteiger partial charge in [-0.15, -0.1) is 0 Å². The average Bonchev–Trinajstić information content (AvgIpc) is 2.76. The summed E-state index contributed by atoms with van der Waals surface area (Å²) in [7, 11) is -4.04. The standard InChI is InChI=1S/C21H22ClF3NO7P/c1-6-34(30,31-10-15(27)33-21(3,4)5)14-9-12(7-8-13(14)26(28)29)32-20-16(22)17(23)11(2)18(24)19(20)25/h7-9H,6,10H2,1-5H3. The molecule has 13 heteroatoms. The van der Waals surface area contributed by atoms with Crippen molar-refractivity contribution in [2.45, 2.75) is 40.2 Å². The minimum absolute atomic E-state index is 0.261. The van der Waals surface area contributed by atoms with Crippen molar-refractivity contribution in [2.75, 3.05) is 12.8 Å². The van der Waals surface area contributed by atoms with Crippen molar-refractivity contribution in [1.82, 2.24) is 0 Å². The van der Waals surface area contributed by atoms with Crippen molar-refractivity contribution in [3.8, 4) is 11.5 Å². The molecule has 0 aliphatic carbocycles. The van der Waals surface area contributed by atoms with Crippen molar-refractivity contribution < 1.29 is 41.5 Å². The third-order valence-corrected chi connectivity index (χ3v) is 7.21. The van der Waals surface area contributed by atoms with Crippen LogP contribution in [0.25, 0.3) is 0 Å². The number of halogens is 4. The highest BCUT2D eigenvalue weighted by Gasteiger charge is 2.34. The van der Waals surface area contributed by atoms with Crippen molar-refractivity contribution in [3.05, 3.63) is 56.4 Å². The zero-order valence-electron chi connectivity index (χ0n) is 18.9. The second-order valence-electron chi connectivity index (χ2n) is 8.07. The number of carbonyl (C=O) groups is 1. The summed E-state index contributed by atoms with van der Waals surface area (Å²) >= 11 is 5.76. The number of hydrogen-bond donors (Lipinski definition) is 0. The van der Waals surface area contributed by atoms with Gasteiger partial charge in [-0.1, -0.05) is 18.5 Å². The zero-order valence-corrected chi connectivity index (χ0v) is 20.6. The Morgan fingerprint density at radius 3 is 2.32 bits per heavy atom. The molecule has 0 fully saturated rings. The van der Waals surface area contributed by atoms with Gasteiger partial charge in [-0.2, -0.15) is 4.39 Å². The van der Waals surface area contributed by atoms with E-state index in [1.54, 1.807) is 20.8 Å². The minimum atomic E-state index is -4.04. The van der Waals surface area contributed by atoms with E-state index >= 15 is 0 Å². The van der Waals surface area contributed by atoms with Crippen LogP contribution in [0.3, 0.4) is 0 Å². The zero-order chi connectivity index (χ0) is 26.0. The molecular weight excluding hydrogens is 502 g/mol. The van der Waals surface area contributed by atoms with Crippen LogP contribution in [0.5, 0.6) is 11.5 Å². The van der Waals surface area contributed by atoms with Gasteiger partial charge in [0.1, 0.15) is 21.7 Å². The largest absolute Gasteiger partial charge is 0.458 e. The lowest BCUT2D eigenvalue weighted by atomic mass is 10.2. The molecule has 0 saturated carbocycles. The lowest BCUT2D eigenvalue weighted by molar-refractivity contribution is -0.383. The van der Waals surface area contributed by atoms with E-state index in [1.807, 2.05) is 0 Å². The Morgan fingerprint density at radius 2 is 1.79 bits per heavy atom. The highest BCUT2D eigenvalue weighted by Crippen LogP contribution is 2.49. The quantitative estimate of drug-likeness (QED) is 0.136. The molecule has 0 aliphatic heterocycles. The van der Waals surface area contributed by atoms with Crippen LogP contribution < -0.4 is 10.0 Å². The number of rotatable bonds is 8. The number of esters is 1. The topological polar surface area (TPSA) is 105 Å². The first-order valence-corrected chi connectivity index (χ1v) is 12.0. The smallest absolute Gasteiger partial charge is 0.333 e. The molecule has 0 heterocycles. The van der Waals surface area contributed by atoms with Crippen LogP contribution in [0, 0.1) is 34.5 Å². The molecule has 1 unspecified atom stereocenters. The Labute approximate surface area is 198 Å². The highest BCUT2D eigenvalue weighted by molar-refractivity contribution is 7.67. The molecule has 0 N–H and O–H groups in total. The average molecular weight is 524 g/mol. The summed E-state index contributed by atoms with van der Waals surface area (Å²) in [5, 5.41) is 10.2. The number of ether oxygens (including phenoxy) is 2. The second kappa shape index (κ2) is 10.3. The van der Waals surface area contributed by atoms with Crippen LogP contribution in [-0.2, 0) is 18.6 Å². The predicted molar refractivity (Wildman–Crippen MR) is 119 cm³/mol. The van der Waals surface area contributed by atoms with Gasteiger partial charge in [-0.3, -0.25) is 14.7 Å². The number of nitro benzene ring substituents is 1. The van der Waals surface area contributed by atoms with Crippen molar-refractivity contribution in [1.29, 1.82) is 0 Å². The predicted octanol–water partition coefficient (Wildman–Crippen LogP) is 6.05. The summed E-state index contributed by atoms with van der Waals surface area (Å²) < 4.78 is 71.4. The maximum atomic E-state index is 14.4. The van der Waals surface area contributed by atoms with E-state index in [2.05, 4.69) is 0 Å². The van der Waals surface area contributed by atoms with Gasteiger partial charge in [0.2, 0.25) is 13.2 Å². The van der Waals surface area contributed by atoms with Crippen molar-refractivity contribution >= 4 is 35.9 Å². The van der Waals surface area contributed by atoms with E-state index in [0.717, 1.165) is 25.1 Å². The Hall–Kier alpha value is -2.62. The first-order chi connectivity index (χ1) is 15.6. The van der Waals surface area contributed by atoms with Crippen LogP contribution in [0.4, 0.5) is 18.9 Å². The number of carbonyl (C=O) groups excluding carboxylic acids is 1. The molecule has 186 valence electrons. The molecule has 0 aromatic heterocycles. The molecule has 0 aliphatic rings. The molecule has 0 spiro atoms. The van der Waals surface area contributed by atoms with Gasteiger partial charge in [0, 0.05) is 23.9 Å². The summed E-state index contributed by atoms with van der Waals surface area (Å²) in [5.74, 6) is -6.57. The van der Waals surface area contributed by atoms with Gasteiger partial charge in [-0.25, -0.2) is 13.6 Å². The lowest BCUT2D eigenvalue weighted by Crippen LogP contribution is -2.27. The van der Waals surface area contributed by atoms with E-state index in [9.17, 15) is 32.6 Å². The summed E-state index contributed by atoms with van der Waals surface area (Å²) in [6.07, 6.45) is -0.261. The van der Waals surface area contributed by atoms with Gasteiger partial charge in [-0.05, 0) is 33.8 Å². The van der Waals surface area contributed by atoms with Gasteiger partial charge in [0.15, 0.2) is 24.0 Å². The maximum Gasteiger partial charge on any atom is 0.333 e. The van der Waals surface area contributed by atoms with Gasteiger partial charge in [0.05, 0.1) is 4.92 Å². The molecule has 0 radical (unpaired) electrons. The van der Waals surface area contributed by atoms with Crippen molar-refractivity contribution in [3.63, 3.8) is 0 Å². The Morgan fingerprint density at radius 1 is 1.18 bits per heavy atom. The molecule has 2 aromatic rings. The van der Waals surface area contributed by atoms with E-state index < -0.39 is 75.2 Å². The van der Waals surface area contributed by atoms with Gasteiger partial charge >= 0.3 is 5.97 Å². The SMILES string of the molecule is CCP(=O)(OCC(=O)OC(C)(C)C)c1cc(Oc2c(F)c(F)c(C)c(F)c2Cl)ccc1[N+](=O)[O-]. The van der Waals surface area contributed by atoms with Crippen LogP contribution in [0.15, 0.2) is 18.2 Å².